The average Bonchev–Trinajstić information content (AvgIpc) is 2.82. The molecule has 19 heavy (non-hydrogen) atoms. The molecular formula is C14H11ClN4. The van der Waals surface area contributed by atoms with E-state index in [2.05, 4.69) is 10.1 Å². The summed E-state index contributed by atoms with van der Waals surface area (Å²) in [5.41, 5.74) is 8.62. The van der Waals surface area contributed by atoms with Crippen LogP contribution >= 0.6 is 11.6 Å². The highest BCUT2D eigenvalue weighted by atomic mass is 35.5. The largest absolute Gasteiger partial charge is 0.384 e. The van der Waals surface area contributed by atoms with Crippen LogP contribution in [0.5, 0.6) is 0 Å². The average molecular weight is 271 g/mol. The van der Waals surface area contributed by atoms with E-state index in [0.29, 0.717) is 10.8 Å². The van der Waals surface area contributed by atoms with E-state index in [0.717, 1.165) is 16.9 Å². The molecule has 0 aliphatic heterocycles. The molecule has 5 heteroatoms. The number of benzene rings is 1. The Morgan fingerprint density at radius 3 is 2.58 bits per heavy atom. The van der Waals surface area contributed by atoms with Gasteiger partial charge in [0.1, 0.15) is 5.82 Å². The third-order valence-electron chi connectivity index (χ3n) is 2.77. The topological polar surface area (TPSA) is 56.7 Å². The molecule has 0 amide bonds. The number of nitrogen functional groups attached to an aromatic ring is 1. The first kappa shape index (κ1) is 11.7. The van der Waals surface area contributed by atoms with Gasteiger partial charge in [0, 0.05) is 29.0 Å². The van der Waals surface area contributed by atoms with Gasteiger partial charge in [0.05, 0.1) is 11.4 Å². The summed E-state index contributed by atoms with van der Waals surface area (Å²) in [4.78, 5) is 3.99. The lowest BCUT2D eigenvalue weighted by molar-refractivity contribution is 0.895. The van der Waals surface area contributed by atoms with Gasteiger partial charge in [0.25, 0.3) is 0 Å². The first-order valence-electron chi connectivity index (χ1n) is 5.76. The van der Waals surface area contributed by atoms with Crippen molar-refractivity contribution in [3.63, 3.8) is 0 Å². The van der Waals surface area contributed by atoms with Crippen molar-refractivity contribution >= 4 is 17.4 Å². The molecule has 0 spiro atoms. The minimum atomic E-state index is 0.564. The van der Waals surface area contributed by atoms with Crippen LogP contribution in [0.15, 0.2) is 54.9 Å². The summed E-state index contributed by atoms with van der Waals surface area (Å²) < 4.78 is 1.67. The summed E-state index contributed by atoms with van der Waals surface area (Å²) in [5, 5.41) is 5.15. The summed E-state index contributed by atoms with van der Waals surface area (Å²) in [6, 6.07) is 13.0. The van der Waals surface area contributed by atoms with Crippen LogP contribution in [0.1, 0.15) is 0 Å². The minimum absolute atomic E-state index is 0.564. The van der Waals surface area contributed by atoms with Gasteiger partial charge in [-0.2, -0.15) is 5.10 Å². The van der Waals surface area contributed by atoms with Gasteiger partial charge < -0.3 is 5.73 Å². The number of hydrogen-bond donors (Lipinski definition) is 1. The lowest BCUT2D eigenvalue weighted by Crippen LogP contribution is -2.01. The molecular weight excluding hydrogens is 260 g/mol. The maximum Gasteiger partial charge on any atom is 0.127 e. The lowest BCUT2D eigenvalue weighted by Gasteiger charge is -2.03. The van der Waals surface area contributed by atoms with E-state index in [-0.39, 0.29) is 0 Å². The molecule has 94 valence electrons. The van der Waals surface area contributed by atoms with Crippen molar-refractivity contribution in [1.82, 2.24) is 14.8 Å². The van der Waals surface area contributed by atoms with Gasteiger partial charge in [0.2, 0.25) is 0 Å². The predicted molar refractivity (Wildman–Crippen MR) is 76.2 cm³/mol. The number of pyridine rings is 1. The Labute approximate surface area is 115 Å². The van der Waals surface area contributed by atoms with E-state index >= 15 is 0 Å². The lowest BCUT2D eigenvalue weighted by atomic mass is 10.2. The van der Waals surface area contributed by atoms with Gasteiger partial charge in [0.15, 0.2) is 0 Å². The number of hydrogen-bond acceptors (Lipinski definition) is 3. The second-order valence-electron chi connectivity index (χ2n) is 4.08. The highest BCUT2D eigenvalue weighted by Crippen LogP contribution is 2.23. The third-order valence-corrected chi connectivity index (χ3v) is 3.00. The van der Waals surface area contributed by atoms with Gasteiger partial charge >= 0.3 is 0 Å². The fourth-order valence-corrected chi connectivity index (χ4v) is 2.06. The Morgan fingerprint density at radius 2 is 1.84 bits per heavy atom. The number of nitrogens with zero attached hydrogens (tertiary/aromatic N) is 3. The monoisotopic (exact) mass is 270 g/mol. The summed E-state index contributed by atoms with van der Waals surface area (Å²) in [5.74, 6) is 0.564. The highest BCUT2D eigenvalue weighted by Gasteiger charge is 2.08. The second-order valence-corrected chi connectivity index (χ2v) is 4.52. The summed E-state index contributed by atoms with van der Waals surface area (Å²) in [7, 11) is 0. The van der Waals surface area contributed by atoms with E-state index in [1.54, 1.807) is 17.1 Å². The Bertz CT molecular complexity index is 706. The first-order chi connectivity index (χ1) is 9.24. The van der Waals surface area contributed by atoms with Crippen LogP contribution in [0.25, 0.3) is 16.9 Å². The standard InChI is InChI=1S/C14H11ClN4/c15-11-2-1-3-12(8-11)19-14(16)9-13(18-19)10-4-6-17-7-5-10/h1-9H,16H2. The first-order valence-corrected chi connectivity index (χ1v) is 6.14. The number of halogens is 1. The van der Waals surface area contributed by atoms with Crippen molar-refractivity contribution in [2.45, 2.75) is 0 Å². The maximum absolute atomic E-state index is 6.00. The van der Waals surface area contributed by atoms with Crippen molar-refractivity contribution in [2.24, 2.45) is 0 Å². The van der Waals surface area contributed by atoms with Crippen LogP contribution in [-0.4, -0.2) is 14.8 Å². The van der Waals surface area contributed by atoms with E-state index < -0.39 is 0 Å². The number of rotatable bonds is 2. The molecule has 0 aliphatic rings. The molecule has 2 heterocycles. The van der Waals surface area contributed by atoms with Gasteiger partial charge in [-0.25, -0.2) is 4.68 Å². The molecule has 4 nitrogen and oxygen atoms in total. The molecule has 0 saturated carbocycles. The van der Waals surface area contributed by atoms with Crippen molar-refractivity contribution in [1.29, 1.82) is 0 Å². The van der Waals surface area contributed by atoms with Crippen LogP contribution in [0, 0.1) is 0 Å². The maximum atomic E-state index is 6.00. The van der Waals surface area contributed by atoms with Gasteiger partial charge in [-0.1, -0.05) is 17.7 Å². The van der Waals surface area contributed by atoms with Crippen LogP contribution in [0.2, 0.25) is 5.02 Å². The molecule has 0 radical (unpaired) electrons. The summed E-state index contributed by atoms with van der Waals surface area (Å²) in [6.45, 7) is 0. The Hall–Kier alpha value is -2.33. The molecule has 0 aliphatic carbocycles. The van der Waals surface area contributed by atoms with Crippen molar-refractivity contribution < 1.29 is 0 Å². The molecule has 0 saturated heterocycles. The predicted octanol–water partition coefficient (Wildman–Crippen LogP) is 3.17. The highest BCUT2D eigenvalue weighted by molar-refractivity contribution is 6.30. The Morgan fingerprint density at radius 1 is 1.05 bits per heavy atom. The Kier molecular flexibility index (Phi) is 2.93. The van der Waals surface area contributed by atoms with Crippen LogP contribution in [-0.2, 0) is 0 Å². The van der Waals surface area contributed by atoms with Crippen LogP contribution < -0.4 is 5.73 Å². The van der Waals surface area contributed by atoms with Crippen molar-refractivity contribution in [2.75, 3.05) is 5.73 Å². The Balaban J connectivity index is 2.08. The minimum Gasteiger partial charge on any atom is -0.384 e. The van der Waals surface area contributed by atoms with Crippen molar-refractivity contribution in [3.8, 4) is 16.9 Å². The zero-order valence-electron chi connectivity index (χ0n) is 9.99. The van der Waals surface area contributed by atoms with Gasteiger partial charge in [-0.15, -0.1) is 0 Å². The molecule has 1 aromatic carbocycles. The molecule has 2 aromatic heterocycles. The smallest absolute Gasteiger partial charge is 0.127 e. The normalized spacial score (nSPS) is 10.6. The molecule has 0 atom stereocenters. The van der Waals surface area contributed by atoms with Gasteiger partial charge in [-0.05, 0) is 30.3 Å². The quantitative estimate of drug-likeness (QED) is 0.778. The zero-order chi connectivity index (χ0) is 13.2. The fourth-order valence-electron chi connectivity index (χ4n) is 1.87. The molecule has 0 bridgehead atoms. The van der Waals surface area contributed by atoms with Crippen LogP contribution in [0.4, 0.5) is 5.82 Å². The number of aromatic nitrogens is 3. The summed E-state index contributed by atoms with van der Waals surface area (Å²) in [6.07, 6.45) is 3.45. The van der Waals surface area contributed by atoms with E-state index in [9.17, 15) is 0 Å². The SMILES string of the molecule is Nc1cc(-c2ccncc2)nn1-c1cccc(Cl)c1. The number of anilines is 1. The zero-order valence-corrected chi connectivity index (χ0v) is 10.7. The van der Waals surface area contributed by atoms with Crippen LogP contribution in [0.3, 0.4) is 0 Å². The molecule has 3 aromatic rings. The molecule has 2 N–H and O–H groups in total. The van der Waals surface area contributed by atoms with E-state index in [1.165, 1.54) is 0 Å². The van der Waals surface area contributed by atoms with Gasteiger partial charge in [-0.3, -0.25) is 4.98 Å². The van der Waals surface area contributed by atoms with E-state index in [4.69, 9.17) is 17.3 Å². The van der Waals surface area contributed by atoms with Crippen molar-refractivity contribution in [3.05, 3.63) is 59.9 Å². The fraction of sp³-hybridized carbons (Fsp3) is 0. The molecule has 0 fully saturated rings. The second kappa shape index (κ2) is 4.74. The molecule has 3 rings (SSSR count). The third kappa shape index (κ3) is 2.30. The number of nitrogens with two attached hydrogens (primary N) is 1. The summed E-state index contributed by atoms with van der Waals surface area (Å²) >= 11 is 5.98. The molecule has 0 unspecified atom stereocenters. The van der Waals surface area contributed by atoms with E-state index in [1.807, 2.05) is 42.5 Å².